The van der Waals surface area contributed by atoms with Gasteiger partial charge in [-0.3, -0.25) is 19.9 Å². The summed E-state index contributed by atoms with van der Waals surface area (Å²) in [6.07, 6.45) is 28.0. The standard InChI is InChI=1S/4C33H22N2/c1-2-9-24-19(5-1)16-27-25(24)11-12-26-28(27)17-20-10-13-30-29(31(20)26)18-22-7-3-6-21-15-23-8-4-14-34-33(23)35(30)32(21)22;1-2-8-24-19(5-1)15-20-10-12-25-26(31(20)24)16-21-11-13-29-27(32(21)25)17-22-6-3-7-23-18-28-30(9-4-14-34-28)35(29)33(22)23;1-2-7-24-19(4-1)15-27-25(24)9-10-26-28(27)16-21-8-11-30-29(32(21)26)17-23-6-3-5-22-14-20-12-13-34-18-31(20)35(30)33(22)23;1-2-7-24-19(4-1)15-27-25(24)9-10-26-28(27)16-20-8-11-31-29(32(20)26)17-22-6-3-5-21-14-23-18-34-13-12-30(23)35(31)33(21)22/h2*1-14H,15-18H2;2*1-13,18H,14-17H2. The van der Waals surface area contributed by atoms with Crippen molar-refractivity contribution >= 4 is 68.4 Å². The number of rotatable bonds is 0. The van der Waals surface area contributed by atoms with Gasteiger partial charge < -0.3 is 14.7 Å². The molecule has 0 atom stereocenters. The minimum atomic E-state index is 0.907. The van der Waals surface area contributed by atoms with Crippen LogP contribution < -0.4 is 19.6 Å². The van der Waals surface area contributed by atoms with Gasteiger partial charge in [0.25, 0.3) is 0 Å². The topological polar surface area (TPSA) is 64.5 Å². The molecule has 8 nitrogen and oxygen atoms in total. The zero-order valence-electron chi connectivity index (χ0n) is 77.2. The van der Waals surface area contributed by atoms with Crippen molar-refractivity contribution in [1.82, 2.24) is 19.9 Å². The summed E-state index contributed by atoms with van der Waals surface area (Å²) < 4.78 is 0. The lowest BCUT2D eigenvalue weighted by Crippen LogP contribution is -2.25. The maximum atomic E-state index is 4.88. The van der Waals surface area contributed by atoms with Crippen LogP contribution in [0, 0.1) is 0 Å². The second kappa shape index (κ2) is 28.5. The Morgan fingerprint density at radius 2 is 0.464 bits per heavy atom. The average molecular weight is 1790 g/mol. The summed E-state index contributed by atoms with van der Waals surface area (Å²) in [4.78, 5) is 28.6. The minimum absolute atomic E-state index is 0.907. The van der Waals surface area contributed by atoms with Crippen molar-refractivity contribution in [3.05, 3.63) is 519 Å². The third-order valence-corrected chi connectivity index (χ3v) is 34.5. The fourth-order valence-electron chi connectivity index (χ4n) is 28.8. The van der Waals surface area contributed by atoms with Crippen LogP contribution in [-0.4, -0.2) is 19.9 Å². The number of benzene rings is 16. The van der Waals surface area contributed by atoms with Crippen LogP contribution in [0.3, 0.4) is 0 Å². The molecule has 0 saturated carbocycles. The highest BCUT2D eigenvalue weighted by Gasteiger charge is 2.44. The van der Waals surface area contributed by atoms with E-state index in [1.807, 2.05) is 31.0 Å². The smallest absolute Gasteiger partial charge is 0.141 e. The van der Waals surface area contributed by atoms with Crippen LogP contribution >= 0.6 is 0 Å². The number of aromatic nitrogens is 4. The van der Waals surface area contributed by atoms with Gasteiger partial charge in [0, 0.05) is 82.4 Å². The molecule has 0 spiro atoms. The Bertz CT molecular complexity index is 8510. The third-order valence-electron chi connectivity index (χ3n) is 34.5. The number of anilines is 12. The van der Waals surface area contributed by atoms with Crippen LogP contribution in [0.1, 0.15) is 178 Å². The van der Waals surface area contributed by atoms with Crippen molar-refractivity contribution in [3.63, 3.8) is 0 Å². The maximum absolute atomic E-state index is 4.88. The Morgan fingerprint density at radius 3 is 0.979 bits per heavy atom. The van der Waals surface area contributed by atoms with E-state index in [4.69, 9.17) is 9.97 Å². The largest absolute Gasteiger partial charge is 0.309 e. The Hall–Kier alpha value is -16.7. The lowest BCUT2D eigenvalue weighted by molar-refractivity contribution is 0.971. The number of fused-ring (bicyclic) bond motifs is 48. The Morgan fingerprint density at radius 1 is 0.150 bits per heavy atom. The van der Waals surface area contributed by atoms with E-state index in [-0.39, 0.29) is 0 Å². The van der Waals surface area contributed by atoms with Crippen molar-refractivity contribution in [3.8, 4) is 89.0 Å². The number of para-hydroxylation sites is 4. The van der Waals surface area contributed by atoms with E-state index in [0.29, 0.717) is 0 Å². The van der Waals surface area contributed by atoms with Crippen molar-refractivity contribution in [2.24, 2.45) is 0 Å². The maximum Gasteiger partial charge on any atom is 0.141 e. The molecule has 4 aromatic heterocycles. The molecular formula is C132H88N8. The van der Waals surface area contributed by atoms with Gasteiger partial charge in [-0.1, -0.05) is 249 Å². The molecule has 0 unspecified atom stereocenters. The SMILES string of the molecule is c1ccc2c(c1)Cc1c-2ccc2c1Cc1ccc3c(c1-2)Cc1cccc2c1N3c1ccncc1C2.c1ccc2c(c1)Cc1c-2ccc2c1Cc1ccc3c(c1-2)Cc1cccc2c1N3c1cnccc1C2.c1ccc2c(c1)Cc1c-2ccc2c1Cc1ccc3c(c1-2)Cc1cccc2c1N3c1ncccc1C2.c1ccc2c(c1)Cc1ccc3c(c1-2)Cc1ccc2c(c1-3)Cc1cccc3c1N2c1cccnc1C3. The van der Waals surface area contributed by atoms with E-state index in [2.05, 4.69) is 339 Å². The van der Waals surface area contributed by atoms with Crippen LogP contribution in [0.4, 0.5) is 68.4 Å². The molecule has 0 saturated heterocycles. The molecular weight excluding hydrogens is 1700 g/mol. The molecule has 16 aliphatic rings. The van der Waals surface area contributed by atoms with Crippen molar-refractivity contribution < 1.29 is 0 Å². The fourth-order valence-corrected chi connectivity index (χ4v) is 28.8. The molecule has 16 aromatic carbocycles. The van der Waals surface area contributed by atoms with Gasteiger partial charge in [-0.15, -0.1) is 0 Å². The van der Waals surface area contributed by atoms with E-state index in [0.717, 1.165) is 109 Å². The zero-order chi connectivity index (χ0) is 90.7. The molecule has 8 heteroatoms. The summed E-state index contributed by atoms with van der Waals surface area (Å²) in [5.74, 6) is 1.09. The summed E-state index contributed by atoms with van der Waals surface area (Å²) in [6, 6.07) is 114. The molecule has 36 rings (SSSR count). The minimum Gasteiger partial charge on any atom is -0.309 e. The number of pyridine rings is 4. The molecule has 8 aliphatic heterocycles. The van der Waals surface area contributed by atoms with Gasteiger partial charge in [0.15, 0.2) is 0 Å². The zero-order valence-corrected chi connectivity index (χ0v) is 77.2. The lowest BCUT2D eigenvalue weighted by Gasteiger charge is -2.40. The molecule has 0 bridgehead atoms. The normalized spacial score (nSPS) is 14.9. The number of hydrogen-bond acceptors (Lipinski definition) is 8. The average Bonchev–Trinajstić information content (AvgIpc) is 1.45. The predicted octanol–water partition coefficient (Wildman–Crippen LogP) is 30.0. The van der Waals surface area contributed by atoms with Crippen LogP contribution in [0.25, 0.3) is 89.0 Å². The first-order chi connectivity index (χ1) is 69.4. The van der Waals surface area contributed by atoms with Gasteiger partial charge in [0.2, 0.25) is 0 Å². The number of nitrogens with zero attached hydrogens (tertiary/aromatic N) is 8. The van der Waals surface area contributed by atoms with Gasteiger partial charge in [-0.05, 0) is 367 Å². The Labute approximate surface area is 812 Å². The van der Waals surface area contributed by atoms with Gasteiger partial charge in [0.05, 0.1) is 74.5 Å². The molecule has 140 heavy (non-hydrogen) atoms. The summed E-state index contributed by atoms with van der Waals surface area (Å²) in [7, 11) is 0. The quantitative estimate of drug-likeness (QED) is 0.149. The monoisotopic (exact) mass is 1780 g/mol. The third kappa shape index (κ3) is 10.6. The van der Waals surface area contributed by atoms with Crippen LogP contribution in [0.5, 0.6) is 0 Å². The molecule has 8 aliphatic carbocycles. The van der Waals surface area contributed by atoms with Crippen LogP contribution in [-0.2, 0) is 103 Å². The predicted molar refractivity (Wildman–Crippen MR) is 564 cm³/mol. The first-order valence-electron chi connectivity index (χ1n) is 50.3. The van der Waals surface area contributed by atoms with Crippen molar-refractivity contribution in [2.45, 2.75) is 103 Å². The highest BCUT2D eigenvalue weighted by Crippen LogP contribution is 2.63. The first-order valence-corrected chi connectivity index (χ1v) is 50.3. The van der Waals surface area contributed by atoms with E-state index >= 15 is 0 Å². The second-order valence-electron chi connectivity index (χ2n) is 41.3. The van der Waals surface area contributed by atoms with E-state index in [1.54, 1.807) is 27.8 Å². The summed E-state index contributed by atoms with van der Waals surface area (Å²) in [5.41, 5.74) is 84.1. The molecule has 20 aromatic rings. The second-order valence-corrected chi connectivity index (χ2v) is 41.3. The van der Waals surface area contributed by atoms with Crippen LogP contribution in [0.2, 0.25) is 0 Å². The van der Waals surface area contributed by atoms with Crippen molar-refractivity contribution in [2.75, 3.05) is 19.6 Å². The molecule has 0 N–H and O–H groups in total. The van der Waals surface area contributed by atoms with E-state index in [1.165, 1.54) is 302 Å². The molecule has 12 heterocycles. The van der Waals surface area contributed by atoms with Crippen LogP contribution in [0.15, 0.2) is 340 Å². The summed E-state index contributed by atoms with van der Waals surface area (Å²) in [6.45, 7) is 0. The van der Waals surface area contributed by atoms with Gasteiger partial charge in [0.1, 0.15) is 5.82 Å². The van der Waals surface area contributed by atoms with Crippen molar-refractivity contribution in [1.29, 1.82) is 0 Å². The van der Waals surface area contributed by atoms with Gasteiger partial charge in [-0.25, -0.2) is 4.98 Å². The molecule has 0 fully saturated rings. The Kier molecular flexibility index (Phi) is 15.6. The van der Waals surface area contributed by atoms with Gasteiger partial charge >= 0.3 is 0 Å². The van der Waals surface area contributed by atoms with Gasteiger partial charge in [-0.2, -0.15) is 0 Å². The van der Waals surface area contributed by atoms with E-state index in [9.17, 15) is 0 Å². The molecule has 0 amide bonds. The molecule has 656 valence electrons. The fraction of sp³-hybridized carbons (Fsp3) is 0.121. The van der Waals surface area contributed by atoms with E-state index < -0.39 is 0 Å². The highest BCUT2D eigenvalue weighted by atomic mass is 15.2. The Balaban J connectivity index is 0.0000000829. The highest BCUT2D eigenvalue weighted by molar-refractivity contribution is 6.03. The summed E-state index contributed by atoms with van der Waals surface area (Å²) >= 11 is 0. The summed E-state index contributed by atoms with van der Waals surface area (Å²) in [5, 5.41) is 0. The lowest BCUT2D eigenvalue weighted by atomic mass is 9.84. The molecule has 0 radical (unpaired) electrons. The number of hydrogen-bond donors (Lipinski definition) is 0. The first kappa shape index (κ1) is 76.5.